The fourth-order valence-corrected chi connectivity index (χ4v) is 2.50. The Bertz CT molecular complexity index is 825. The van der Waals surface area contributed by atoms with E-state index in [2.05, 4.69) is 20.9 Å². The van der Waals surface area contributed by atoms with Gasteiger partial charge in [-0.2, -0.15) is 0 Å². The molecule has 2 rings (SSSR count). The van der Waals surface area contributed by atoms with E-state index in [4.69, 9.17) is 9.47 Å². The first-order valence-corrected chi connectivity index (χ1v) is 9.47. The lowest BCUT2D eigenvalue weighted by Crippen LogP contribution is -2.38. The van der Waals surface area contributed by atoms with Crippen LogP contribution in [0.3, 0.4) is 0 Å². The van der Waals surface area contributed by atoms with Gasteiger partial charge >= 0.3 is 12.1 Å². The normalized spacial score (nSPS) is 11.0. The third-order valence-corrected chi connectivity index (χ3v) is 4.02. The standard InChI is InChI=1S/C20H22BrFN2O4/c1-20(2,3)28-19(26)24(16-10-9-15(22)18(21)23-16)12-11-17(25)27-13-14-7-5-4-6-8-14/h4-10H,11-13H2,1-3H3. The molecule has 0 saturated heterocycles. The minimum absolute atomic E-state index is 0.0202. The third kappa shape index (κ3) is 6.92. The van der Waals surface area contributed by atoms with Crippen LogP contribution in [0.5, 0.6) is 0 Å². The van der Waals surface area contributed by atoms with E-state index in [9.17, 15) is 14.0 Å². The summed E-state index contributed by atoms with van der Waals surface area (Å²) in [6.45, 7) is 5.31. The molecule has 6 nitrogen and oxygen atoms in total. The van der Waals surface area contributed by atoms with Gasteiger partial charge in [0.2, 0.25) is 0 Å². The molecule has 0 bridgehead atoms. The van der Waals surface area contributed by atoms with Gasteiger partial charge < -0.3 is 9.47 Å². The molecule has 1 amide bonds. The smallest absolute Gasteiger partial charge is 0.416 e. The maximum Gasteiger partial charge on any atom is 0.416 e. The Morgan fingerprint density at radius 1 is 1.14 bits per heavy atom. The summed E-state index contributed by atoms with van der Waals surface area (Å²) in [6, 6.07) is 11.8. The summed E-state index contributed by atoms with van der Waals surface area (Å²) in [5.41, 5.74) is 0.129. The molecule has 0 aliphatic rings. The highest BCUT2D eigenvalue weighted by molar-refractivity contribution is 9.10. The lowest BCUT2D eigenvalue weighted by atomic mass is 10.2. The molecule has 0 fully saturated rings. The Labute approximate surface area is 171 Å². The number of carbonyl (C=O) groups is 2. The number of halogens is 2. The van der Waals surface area contributed by atoms with Crippen molar-refractivity contribution in [3.63, 3.8) is 0 Å². The van der Waals surface area contributed by atoms with Crippen LogP contribution in [0, 0.1) is 5.82 Å². The third-order valence-electron chi connectivity index (χ3n) is 3.46. The first-order chi connectivity index (χ1) is 13.2. The molecule has 0 unspecified atom stereocenters. The van der Waals surface area contributed by atoms with Gasteiger partial charge in [0.25, 0.3) is 0 Å². The van der Waals surface area contributed by atoms with Crippen LogP contribution in [0.25, 0.3) is 0 Å². The number of hydrogen-bond donors (Lipinski definition) is 0. The molecular formula is C20H22BrFN2O4. The van der Waals surface area contributed by atoms with Crippen LogP contribution in [0.15, 0.2) is 47.1 Å². The number of pyridine rings is 1. The molecule has 8 heteroatoms. The van der Waals surface area contributed by atoms with Crippen molar-refractivity contribution < 1.29 is 23.5 Å². The van der Waals surface area contributed by atoms with Crippen molar-refractivity contribution in [2.75, 3.05) is 11.4 Å². The van der Waals surface area contributed by atoms with Crippen LogP contribution in [0.2, 0.25) is 0 Å². The summed E-state index contributed by atoms with van der Waals surface area (Å²) in [7, 11) is 0. The van der Waals surface area contributed by atoms with Crippen molar-refractivity contribution >= 4 is 33.8 Å². The Hall–Kier alpha value is -2.48. The van der Waals surface area contributed by atoms with E-state index in [0.717, 1.165) is 5.56 Å². The molecule has 0 saturated carbocycles. The SMILES string of the molecule is CC(C)(C)OC(=O)N(CCC(=O)OCc1ccccc1)c1ccc(F)c(Br)n1. The lowest BCUT2D eigenvalue weighted by molar-refractivity contribution is -0.144. The van der Waals surface area contributed by atoms with E-state index in [1.54, 1.807) is 20.8 Å². The molecular weight excluding hydrogens is 431 g/mol. The molecule has 1 aromatic heterocycles. The van der Waals surface area contributed by atoms with Gasteiger partial charge in [-0.3, -0.25) is 9.69 Å². The van der Waals surface area contributed by atoms with Gasteiger partial charge in [-0.1, -0.05) is 30.3 Å². The summed E-state index contributed by atoms with van der Waals surface area (Å²) in [6.07, 6.45) is -0.752. The number of nitrogens with zero attached hydrogens (tertiary/aromatic N) is 2. The minimum Gasteiger partial charge on any atom is -0.461 e. The maximum atomic E-state index is 13.5. The predicted octanol–water partition coefficient (Wildman–Crippen LogP) is 4.86. The number of amides is 1. The molecule has 28 heavy (non-hydrogen) atoms. The highest BCUT2D eigenvalue weighted by atomic mass is 79.9. The zero-order chi connectivity index (χ0) is 20.7. The fourth-order valence-electron chi connectivity index (χ4n) is 2.19. The average Bonchev–Trinajstić information content (AvgIpc) is 2.62. The van der Waals surface area contributed by atoms with E-state index >= 15 is 0 Å². The second kappa shape index (κ2) is 9.64. The molecule has 1 heterocycles. The lowest BCUT2D eigenvalue weighted by Gasteiger charge is -2.26. The molecule has 0 atom stereocenters. The zero-order valence-corrected chi connectivity index (χ0v) is 17.5. The molecule has 0 radical (unpaired) electrons. The molecule has 0 aliphatic carbocycles. The number of esters is 1. The van der Waals surface area contributed by atoms with Crippen molar-refractivity contribution in [3.05, 3.63) is 58.4 Å². The summed E-state index contributed by atoms with van der Waals surface area (Å²) in [5, 5.41) is 0. The highest BCUT2D eigenvalue weighted by Gasteiger charge is 2.25. The highest BCUT2D eigenvalue weighted by Crippen LogP contribution is 2.21. The van der Waals surface area contributed by atoms with Gasteiger partial charge in [-0.15, -0.1) is 0 Å². The molecule has 0 spiro atoms. The van der Waals surface area contributed by atoms with Gasteiger partial charge in [0, 0.05) is 6.54 Å². The van der Waals surface area contributed by atoms with Crippen LogP contribution >= 0.6 is 15.9 Å². The first kappa shape index (κ1) is 21.8. The van der Waals surface area contributed by atoms with Crippen LogP contribution in [0.4, 0.5) is 15.0 Å². The number of benzene rings is 1. The van der Waals surface area contributed by atoms with E-state index in [1.165, 1.54) is 17.0 Å². The van der Waals surface area contributed by atoms with Gasteiger partial charge in [-0.25, -0.2) is 14.2 Å². The Balaban J connectivity index is 2.05. The van der Waals surface area contributed by atoms with Crippen LogP contribution in [0.1, 0.15) is 32.8 Å². The van der Waals surface area contributed by atoms with Crippen LogP contribution in [-0.4, -0.2) is 29.2 Å². The second-order valence-electron chi connectivity index (χ2n) is 6.97. The zero-order valence-electron chi connectivity index (χ0n) is 15.9. The van der Waals surface area contributed by atoms with Crippen molar-refractivity contribution in [1.29, 1.82) is 0 Å². The monoisotopic (exact) mass is 452 g/mol. The average molecular weight is 453 g/mol. The van der Waals surface area contributed by atoms with Crippen LogP contribution < -0.4 is 4.90 Å². The van der Waals surface area contributed by atoms with Gasteiger partial charge in [0.15, 0.2) is 5.82 Å². The van der Waals surface area contributed by atoms with Crippen molar-refractivity contribution in [1.82, 2.24) is 4.98 Å². The fraction of sp³-hybridized carbons (Fsp3) is 0.350. The number of rotatable bonds is 6. The number of anilines is 1. The predicted molar refractivity (Wildman–Crippen MR) is 106 cm³/mol. The largest absolute Gasteiger partial charge is 0.461 e. The van der Waals surface area contributed by atoms with Gasteiger partial charge in [0.1, 0.15) is 22.6 Å². The molecule has 1 aromatic carbocycles. The van der Waals surface area contributed by atoms with Gasteiger partial charge in [0.05, 0.1) is 6.42 Å². The van der Waals surface area contributed by atoms with Crippen LogP contribution in [-0.2, 0) is 20.9 Å². The van der Waals surface area contributed by atoms with E-state index in [0.29, 0.717) is 0 Å². The minimum atomic E-state index is -0.736. The number of carbonyl (C=O) groups excluding carboxylic acids is 2. The molecule has 0 aliphatic heterocycles. The van der Waals surface area contributed by atoms with Crippen molar-refractivity contribution in [2.24, 2.45) is 0 Å². The molecule has 0 N–H and O–H groups in total. The summed E-state index contributed by atoms with van der Waals surface area (Å²) >= 11 is 3.00. The van der Waals surface area contributed by atoms with Crippen molar-refractivity contribution in [3.8, 4) is 0 Å². The Morgan fingerprint density at radius 3 is 2.43 bits per heavy atom. The van der Waals surface area contributed by atoms with E-state index in [1.807, 2.05) is 30.3 Å². The summed E-state index contributed by atoms with van der Waals surface area (Å²) in [4.78, 5) is 29.8. The summed E-state index contributed by atoms with van der Waals surface area (Å²) < 4.78 is 24.1. The first-order valence-electron chi connectivity index (χ1n) is 8.68. The topological polar surface area (TPSA) is 68.7 Å². The number of ether oxygens (including phenoxy) is 2. The molecule has 2 aromatic rings. The van der Waals surface area contributed by atoms with E-state index < -0.39 is 23.5 Å². The quantitative estimate of drug-likeness (QED) is 0.462. The van der Waals surface area contributed by atoms with Gasteiger partial charge in [-0.05, 0) is 54.4 Å². The number of hydrogen-bond acceptors (Lipinski definition) is 5. The maximum absolute atomic E-state index is 13.5. The Morgan fingerprint density at radius 2 is 1.82 bits per heavy atom. The number of aromatic nitrogens is 1. The Kier molecular flexibility index (Phi) is 7.51. The summed E-state index contributed by atoms with van der Waals surface area (Å²) in [5.74, 6) is -0.868. The van der Waals surface area contributed by atoms with Crippen molar-refractivity contribution in [2.45, 2.75) is 39.4 Å². The molecule has 150 valence electrons. The second-order valence-corrected chi connectivity index (χ2v) is 7.72. The van der Waals surface area contributed by atoms with E-state index in [-0.39, 0.29) is 30.0 Å².